The van der Waals surface area contributed by atoms with E-state index in [9.17, 15) is 0 Å². The highest BCUT2D eigenvalue weighted by molar-refractivity contribution is 4.76. The molecule has 1 atom stereocenters. The lowest BCUT2D eigenvalue weighted by molar-refractivity contribution is 0.150. The van der Waals surface area contributed by atoms with Gasteiger partial charge in [-0.05, 0) is 45.3 Å². The summed E-state index contributed by atoms with van der Waals surface area (Å²) in [6, 6.07) is 0.802. The van der Waals surface area contributed by atoms with E-state index < -0.39 is 0 Å². The minimum absolute atomic E-state index is 0.741. The van der Waals surface area contributed by atoms with E-state index in [1.807, 2.05) is 0 Å². The van der Waals surface area contributed by atoms with Crippen molar-refractivity contribution in [2.45, 2.75) is 45.6 Å². The van der Waals surface area contributed by atoms with Gasteiger partial charge in [0.15, 0.2) is 0 Å². The summed E-state index contributed by atoms with van der Waals surface area (Å²) in [5, 5.41) is 0. The van der Waals surface area contributed by atoms with E-state index in [0.29, 0.717) is 0 Å². The predicted molar refractivity (Wildman–Crippen MR) is 75.2 cm³/mol. The van der Waals surface area contributed by atoms with Crippen LogP contribution in [0.2, 0.25) is 0 Å². The molecule has 0 radical (unpaired) electrons. The van der Waals surface area contributed by atoms with E-state index in [0.717, 1.165) is 25.0 Å². The molecule has 1 fully saturated rings. The summed E-state index contributed by atoms with van der Waals surface area (Å²) in [5.74, 6) is 0.741. The van der Waals surface area contributed by atoms with Crippen molar-refractivity contribution in [3.05, 3.63) is 0 Å². The van der Waals surface area contributed by atoms with Crippen LogP contribution in [0.4, 0.5) is 0 Å². The molecule has 0 aromatic heterocycles. The van der Waals surface area contributed by atoms with Crippen LogP contribution in [0.5, 0.6) is 0 Å². The van der Waals surface area contributed by atoms with E-state index in [2.05, 4.69) is 30.7 Å². The number of hydrogen-bond acceptors (Lipinski definition) is 3. The van der Waals surface area contributed by atoms with Gasteiger partial charge in [-0.15, -0.1) is 0 Å². The monoisotopic (exact) mass is 241 g/mol. The van der Waals surface area contributed by atoms with Crippen molar-refractivity contribution >= 4 is 0 Å². The fourth-order valence-corrected chi connectivity index (χ4v) is 2.83. The minimum atomic E-state index is 0.741. The molecule has 0 aromatic carbocycles. The van der Waals surface area contributed by atoms with Gasteiger partial charge in [0.1, 0.15) is 0 Å². The molecule has 102 valence electrons. The molecule has 0 aliphatic carbocycles. The molecule has 1 rings (SSSR count). The second kappa shape index (κ2) is 8.06. The largest absolute Gasteiger partial charge is 0.329 e. The first-order chi connectivity index (χ1) is 8.13. The first-order valence-corrected chi connectivity index (χ1v) is 7.26. The molecule has 0 amide bonds. The summed E-state index contributed by atoms with van der Waals surface area (Å²) >= 11 is 0. The van der Waals surface area contributed by atoms with Crippen molar-refractivity contribution in [3.8, 4) is 0 Å². The zero-order chi connectivity index (χ0) is 12.7. The topological polar surface area (TPSA) is 32.5 Å². The zero-order valence-corrected chi connectivity index (χ0v) is 12.0. The molecular weight excluding hydrogens is 210 g/mol. The Morgan fingerprint density at radius 2 is 2.06 bits per heavy atom. The van der Waals surface area contributed by atoms with E-state index in [1.165, 1.54) is 45.3 Å². The van der Waals surface area contributed by atoms with Gasteiger partial charge < -0.3 is 15.5 Å². The Bertz CT molecular complexity index is 194. The van der Waals surface area contributed by atoms with Crippen molar-refractivity contribution in [1.29, 1.82) is 0 Å². The lowest BCUT2D eigenvalue weighted by atomic mass is 10.00. The van der Waals surface area contributed by atoms with Gasteiger partial charge in [0.05, 0.1) is 0 Å². The van der Waals surface area contributed by atoms with Gasteiger partial charge in [-0.25, -0.2) is 0 Å². The molecule has 0 saturated carbocycles. The first-order valence-electron chi connectivity index (χ1n) is 7.26. The molecule has 1 unspecified atom stereocenters. The van der Waals surface area contributed by atoms with Crippen molar-refractivity contribution in [2.24, 2.45) is 11.7 Å². The molecule has 3 heteroatoms. The molecule has 1 aliphatic rings. The molecule has 0 aromatic rings. The molecule has 3 nitrogen and oxygen atoms in total. The highest BCUT2D eigenvalue weighted by Gasteiger charge is 2.19. The van der Waals surface area contributed by atoms with Crippen molar-refractivity contribution in [1.82, 2.24) is 9.80 Å². The van der Waals surface area contributed by atoms with Gasteiger partial charge in [0.2, 0.25) is 0 Å². The number of nitrogens with zero attached hydrogens (tertiary/aromatic N) is 2. The molecule has 17 heavy (non-hydrogen) atoms. The predicted octanol–water partition coefficient (Wildman–Crippen LogP) is 1.78. The average molecular weight is 241 g/mol. The molecule has 0 bridgehead atoms. The molecule has 1 saturated heterocycles. The second-order valence-electron chi connectivity index (χ2n) is 5.90. The number of rotatable bonds is 7. The highest BCUT2D eigenvalue weighted by atomic mass is 15.2. The van der Waals surface area contributed by atoms with Crippen molar-refractivity contribution in [2.75, 3.05) is 39.8 Å². The Labute approximate surface area is 107 Å². The van der Waals surface area contributed by atoms with Crippen LogP contribution >= 0.6 is 0 Å². The van der Waals surface area contributed by atoms with Crippen LogP contribution in [-0.4, -0.2) is 55.6 Å². The second-order valence-corrected chi connectivity index (χ2v) is 5.90. The summed E-state index contributed by atoms with van der Waals surface area (Å²) in [5.41, 5.74) is 5.69. The summed E-state index contributed by atoms with van der Waals surface area (Å²) in [6.45, 7) is 10.1. The van der Waals surface area contributed by atoms with Crippen LogP contribution in [0.1, 0.15) is 39.5 Å². The van der Waals surface area contributed by atoms with E-state index in [1.54, 1.807) is 0 Å². The maximum atomic E-state index is 5.69. The van der Waals surface area contributed by atoms with Crippen LogP contribution in [0.25, 0.3) is 0 Å². The van der Waals surface area contributed by atoms with Crippen LogP contribution in [0.15, 0.2) is 0 Å². The van der Waals surface area contributed by atoms with Gasteiger partial charge in [-0.3, -0.25) is 0 Å². The van der Waals surface area contributed by atoms with Crippen LogP contribution < -0.4 is 5.73 Å². The Balaban J connectivity index is 2.28. The Morgan fingerprint density at radius 3 is 2.65 bits per heavy atom. The van der Waals surface area contributed by atoms with Gasteiger partial charge in [0.25, 0.3) is 0 Å². The lowest BCUT2D eigenvalue weighted by Crippen LogP contribution is -2.40. The minimum Gasteiger partial charge on any atom is -0.329 e. The van der Waals surface area contributed by atoms with Gasteiger partial charge in [0, 0.05) is 25.7 Å². The third-order valence-corrected chi connectivity index (χ3v) is 3.77. The smallest absolute Gasteiger partial charge is 0.0105 e. The average Bonchev–Trinajstić information content (AvgIpc) is 2.27. The molecule has 1 heterocycles. The standard InChI is InChI=1S/C14H31N3/c1-13(2)12-17(11-8-15)10-7-14-6-4-5-9-16(14)3/h13-14H,4-12,15H2,1-3H3. The molecule has 1 aliphatic heterocycles. The van der Waals surface area contributed by atoms with Crippen LogP contribution in [0.3, 0.4) is 0 Å². The summed E-state index contributed by atoms with van der Waals surface area (Å²) in [7, 11) is 2.28. The number of nitrogens with two attached hydrogens (primary N) is 1. The Hall–Kier alpha value is -0.120. The molecular formula is C14H31N3. The Morgan fingerprint density at radius 1 is 1.29 bits per heavy atom. The normalized spacial score (nSPS) is 22.6. The summed E-state index contributed by atoms with van der Waals surface area (Å²) < 4.78 is 0. The summed E-state index contributed by atoms with van der Waals surface area (Å²) in [6.07, 6.45) is 5.49. The first kappa shape index (κ1) is 14.9. The maximum Gasteiger partial charge on any atom is 0.0105 e. The van der Waals surface area contributed by atoms with Gasteiger partial charge >= 0.3 is 0 Å². The van der Waals surface area contributed by atoms with Crippen molar-refractivity contribution < 1.29 is 0 Å². The van der Waals surface area contributed by atoms with Crippen LogP contribution in [0, 0.1) is 5.92 Å². The van der Waals surface area contributed by atoms with E-state index >= 15 is 0 Å². The third-order valence-electron chi connectivity index (χ3n) is 3.77. The van der Waals surface area contributed by atoms with Crippen LogP contribution in [-0.2, 0) is 0 Å². The fraction of sp³-hybridized carbons (Fsp3) is 1.00. The fourth-order valence-electron chi connectivity index (χ4n) is 2.83. The zero-order valence-electron chi connectivity index (χ0n) is 12.0. The molecule has 2 N–H and O–H groups in total. The van der Waals surface area contributed by atoms with E-state index in [-0.39, 0.29) is 0 Å². The van der Waals surface area contributed by atoms with Crippen molar-refractivity contribution in [3.63, 3.8) is 0 Å². The van der Waals surface area contributed by atoms with Gasteiger partial charge in [-0.1, -0.05) is 20.3 Å². The third kappa shape index (κ3) is 5.84. The lowest BCUT2D eigenvalue weighted by Gasteiger charge is -2.34. The number of likely N-dealkylation sites (tertiary alicyclic amines) is 1. The maximum absolute atomic E-state index is 5.69. The quantitative estimate of drug-likeness (QED) is 0.737. The number of piperidine rings is 1. The Kier molecular flexibility index (Phi) is 7.09. The number of hydrogen-bond donors (Lipinski definition) is 1. The van der Waals surface area contributed by atoms with Gasteiger partial charge in [-0.2, -0.15) is 0 Å². The highest BCUT2D eigenvalue weighted by Crippen LogP contribution is 2.18. The SMILES string of the molecule is CC(C)CN(CCN)CCC1CCCCN1C. The summed E-state index contributed by atoms with van der Waals surface area (Å²) in [4.78, 5) is 5.08. The van der Waals surface area contributed by atoms with E-state index in [4.69, 9.17) is 5.73 Å². The molecule has 0 spiro atoms.